The maximum absolute atomic E-state index is 9.60. The van der Waals surface area contributed by atoms with Crippen molar-refractivity contribution < 1.29 is 14.6 Å². The number of hydrogen-bond donors (Lipinski definition) is 1. The number of carboxylic acid groups (broad SMARTS) is 1. The summed E-state index contributed by atoms with van der Waals surface area (Å²) in [7, 11) is 0. The second kappa shape index (κ2) is 9.26. The summed E-state index contributed by atoms with van der Waals surface area (Å²) in [4.78, 5) is 9.60. The van der Waals surface area contributed by atoms with Crippen molar-refractivity contribution in [3.05, 3.63) is 12.2 Å². The molecular formula is C10H20O3. The van der Waals surface area contributed by atoms with E-state index in [1.165, 1.54) is 6.92 Å². The third-order valence-electron chi connectivity index (χ3n) is 1.39. The summed E-state index contributed by atoms with van der Waals surface area (Å²) in [6.45, 7) is 11.7. The Morgan fingerprint density at radius 3 is 2.00 bits per heavy atom. The highest BCUT2D eigenvalue weighted by atomic mass is 16.5. The van der Waals surface area contributed by atoms with Gasteiger partial charge in [-0.25, -0.2) is 4.79 Å². The zero-order valence-corrected chi connectivity index (χ0v) is 8.96. The van der Waals surface area contributed by atoms with Crippen LogP contribution in [0.3, 0.4) is 0 Å². The summed E-state index contributed by atoms with van der Waals surface area (Å²) in [5.74, 6) is -0.935. The summed E-state index contributed by atoms with van der Waals surface area (Å²) in [6, 6.07) is 0. The lowest BCUT2D eigenvalue weighted by Gasteiger charge is -2.05. The van der Waals surface area contributed by atoms with Crippen LogP contribution in [0.1, 0.15) is 34.1 Å². The number of carboxylic acids is 1. The normalized spacial score (nSPS) is 11.1. The van der Waals surface area contributed by atoms with E-state index in [0.29, 0.717) is 6.10 Å². The van der Waals surface area contributed by atoms with Gasteiger partial charge in [0.15, 0.2) is 0 Å². The fraction of sp³-hybridized carbons (Fsp3) is 0.700. The zero-order chi connectivity index (χ0) is 10.9. The summed E-state index contributed by atoms with van der Waals surface area (Å²) in [6.07, 6.45) is 1.57. The molecule has 0 fully saturated rings. The van der Waals surface area contributed by atoms with E-state index in [1.807, 2.05) is 6.92 Å². The molecule has 3 nitrogen and oxygen atoms in total. The first-order valence-electron chi connectivity index (χ1n) is 4.46. The molecule has 0 radical (unpaired) electrons. The first kappa shape index (κ1) is 14.7. The second-order valence-corrected chi connectivity index (χ2v) is 2.76. The van der Waals surface area contributed by atoms with Crippen molar-refractivity contribution in [3.8, 4) is 0 Å². The van der Waals surface area contributed by atoms with Crippen LogP contribution in [0.25, 0.3) is 0 Å². The Bertz CT molecular complexity index is 140. The van der Waals surface area contributed by atoms with E-state index in [2.05, 4.69) is 20.4 Å². The Morgan fingerprint density at radius 2 is 1.92 bits per heavy atom. The van der Waals surface area contributed by atoms with Gasteiger partial charge < -0.3 is 9.84 Å². The van der Waals surface area contributed by atoms with Gasteiger partial charge in [-0.15, -0.1) is 0 Å². The first-order chi connectivity index (χ1) is 5.95. The molecule has 0 aliphatic rings. The average Bonchev–Trinajstić information content (AvgIpc) is 2.05. The minimum Gasteiger partial charge on any atom is -0.478 e. The van der Waals surface area contributed by atoms with Crippen molar-refractivity contribution in [1.82, 2.24) is 0 Å². The predicted molar refractivity (Wildman–Crippen MR) is 53.8 cm³/mol. The molecule has 0 saturated carbocycles. The van der Waals surface area contributed by atoms with Gasteiger partial charge in [-0.1, -0.05) is 13.5 Å². The van der Waals surface area contributed by atoms with Crippen LogP contribution in [-0.4, -0.2) is 23.8 Å². The predicted octanol–water partition coefficient (Wildman–Crippen LogP) is 2.47. The molecule has 0 heterocycles. The van der Waals surface area contributed by atoms with Gasteiger partial charge >= 0.3 is 5.97 Å². The van der Waals surface area contributed by atoms with E-state index < -0.39 is 5.97 Å². The van der Waals surface area contributed by atoms with Gasteiger partial charge in [0.05, 0.1) is 6.10 Å². The molecule has 1 unspecified atom stereocenters. The van der Waals surface area contributed by atoms with Crippen molar-refractivity contribution in [2.45, 2.75) is 40.2 Å². The molecule has 0 amide bonds. The van der Waals surface area contributed by atoms with Gasteiger partial charge in [0.2, 0.25) is 0 Å². The van der Waals surface area contributed by atoms with Crippen LogP contribution in [0, 0.1) is 0 Å². The van der Waals surface area contributed by atoms with E-state index >= 15 is 0 Å². The molecule has 0 spiro atoms. The lowest BCUT2D eigenvalue weighted by Crippen LogP contribution is -2.04. The van der Waals surface area contributed by atoms with Gasteiger partial charge in [-0.05, 0) is 27.2 Å². The van der Waals surface area contributed by atoms with E-state index in [1.54, 1.807) is 0 Å². The molecule has 78 valence electrons. The van der Waals surface area contributed by atoms with Crippen LogP contribution in [0.4, 0.5) is 0 Å². The molecule has 1 N–H and O–H groups in total. The van der Waals surface area contributed by atoms with Crippen LogP contribution >= 0.6 is 0 Å². The quantitative estimate of drug-likeness (QED) is 0.689. The molecule has 13 heavy (non-hydrogen) atoms. The van der Waals surface area contributed by atoms with Gasteiger partial charge in [0, 0.05) is 12.2 Å². The molecule has 0 saturated heterocycles. The van der Waals surface area contributed by atoms with Crippen molar-refractivity contribution in [2.24, 2.45) is 0 Å². The number of ether oxygens (including phenoxy) is 1. The Hall–Kier alpha value is -0.830. The molecule has 3 heteroatoms. The molecule has 0 aliphatic carbocycles. The number of aliphatic carboxylic acids is 1. The molecule has 0 aromatic heterocycles. The van der Waals surface area contributed by atoms with E-state index in [4.69, 9.17) is 9.84 Å². The molecule has 0 rings (SSSR count). The molecule has 0 aliphatic heterocycles. The van der Waals surface area contributed by atoms with Crippen LogP contribution in [0.15, 0.2) is 12.2 Å². The summed E-state index contributed by atoms with van der Waals surface area (Å²) in [5.41, 5.74) is 0.176. The van der Waals surface area contributed by atoms with Crippen LogP contribution in [0.5, 0.6) is 0 Å². The van der Waals surface area contributed by atoms with Crippen molar-refractivity contribution in [2.75, 3.05) is 6.61 Å². The highest BCUT2D eigenvalue weighted by Crippen LogP contribution is 1.92. The SMILES string of the molecule is C=C(C)C(=O)O.CCOC(C)CC. The number of hydrogen-bond acceptors (Lipinski definition) is 2. The standard InChI is InChI=1S/C6H14O.C4H6O2/c1-4-6(3)7-5-2;1-3(2)4(5)6/h6H,4-5H2,1-3H3;1H2,2H3,(H,5,6). The lowest BCUT2D eigenvalue weighted by molar-refractivity contribution is -0.132. The Labute approximate surface area is 80.4 Å². The maximum Gasteiger partial charge on any atom is 0.330 e. The highest BCUT2D eigenvalue weighted by molar-refractivity contribution is 5.84. The molecule has 0 bridgehead atoms. The zero-order valence-electron chi connectivity index (χ0n) is 8.96. The smallest absolute Gasteiger partial charge is 0.330 e. The Morgan fingerprint density at radius 1 is 1.54 bits per heavy atom. The van der Waals surface area contributed by atoms with Crippen LogP contribution in [0.2, 0.25) is 0 Å². The van der Waals surface area contributed by atoms with Gasteiger partial charge in [0.25, 0.3) is 0 Å². The third-order valence-corrected chi connectivity index (χ3v) is 1.39. The summed E-state index contributed by atoms with van der Waals surface area (Å²) >= 11 is 0. The maximum atomic E-state index is 9.60. The molecule has 0 aromatic carbocycles. The number of rotatable bonds is 4. The van der Waals surface area contributed by atoms with E-state index in [-0.39, 0.29) is 5.57 Å². The van der Waals surface area contributed by atoms with Crippen molar-refractivity contribution in [1.29, 1.82) is 0 Å². The van der Waals surface area contributed by atoms with Gasteiger partial charge in [-0.3, -0.25) is 0 Å². The topological polar surface area (TPSA) is 46.5 Å². The fourth-order valence-corrected chi connectivity index (χ4v) is 0.402. The average molecular weight is 188 g/mol. The minimum absolute atomic E-state index is 0.176. The van der Waals surface area contributed by atoms with E-state index in [9.17, 15) is 4.79 Å². The molecule has 0 aromatic rings. The lowest BCUT2D eigenvalue weighted by atomic mass is 10.3. The van der Waals surface area contributed by atoms with Crippen molar-refractivity contribution >= 4 is 5.97 Å². The third kappa shape index (κ3) is 14.1. The van der Waals surface area contributed by atoms with Crippen molar-refractivity contribution in [3.63, 3.8) is 0 Å². The van der Waals surface area contributed by atoms with Gasteiger partial charge in [-0.2, -0.15) is 0 Å². The fourth-order valence-electron chi connectivity index (χ4n) is 0.402. The Balaban J connectivity index is 0. The number of carbonyl (C=O) groups is 1. The monoisotopic (exact) mass is 188 g/mol. The van der Waals surface area contributed by atoms with Gasteiger partial charge in [0.1, 0.15) is 0 Å². The molecular weight excluding hydrogens is 168 g/mol. The highest BCUT2D eigenvalue weighted by Gasteiger charge is 1.91. The van der Waals surface area contributed by atoms with Crippen LogP contribution < -0.4 is 0 Å². The largest absolute Gasteiger partial charge is 0.478 e. The molecule has 1 atom stereocenters. The van der Waals surface area contributed by atoms with Crippen LogP contribution in [-0.2, 0) is 9.53 Å². The Kier molecular flexibility index (Phi) is 10.5. The summed E-state index contributed by atoms with van der Waals surface area (Å²) in [5, 5.41) is 7.89. The minimum atomic E-state index is -0.935. The second-order valence-electron chi connectivity index (χ2n) is 2.76. The first-order valence-corrected chi connectivity index (χ1v) is 4.46. The van der Waals surface area contributed by atoms with E-state index in [0.717, 1.165) is 13.0 Å². The summed E-state index contributed by atoms with van der Waals surface area (Å²) < 4.78 is 5.19.